The zero-order valence-corrected chi connectivity index (χ0v) is 13.5. The normalized spacial score (nSPS) is 17.5. The Balaban J connectivity index is 1.74. The van der Waals surface area contributed by atoms with E-state index in [2.05, 4.69) is 26.6 Å². The summed E-state index contributed by atoms with van der Waals surface area (Å²) in [7, 11) is 0. The molecule has 1 atom stereocenters. The number of carbonyl (C=O) groups is 2. The van der Waals surface area contributed by atoms with Gasteiger partial charge >= 0.3 is 0 Å². The number of hydrogen-bond donors (Lipinski definition) is 2. The van der Waals surface area contributed by atoms with E-state index in [1.54, 1.807) is 0 Å². The summed E-state index contributed by atoms with van der Waals surface area (Å²) >= 11 is 3.37. The van der Waals surface area contributed by atoms with Crippen LogP contribution in [-0.2, 0) is 14.3 Å². The third-order valence-electron chi connectivity index (χ3n) is 3.35. The van der Waals surface area contributed by atoms with Crippen LogP contribution in [0.4, 0.5) is 5.69 Å². The van der Waals surface area contributed by atoms with Gasteiger partial charge in [0, 0.05) is 29.7 Å². The van der Waals surface area contributed by atoms with Crippen molar-refractivity contribution in [1.29, 1.82) is 0 Å². The van der Waals surface area contributed by atoms with Crippen LogP contribution in [-0.4, -0.2) is 31.1 Å². The molecule has 114 valence electrons. The first-order chi connectivity index (χ1) is 10.1. The van der Waals surface area contributed by atoms with Gasteiger partial charge < -0.3 is 15.4 Å². The number of amides is 2. The number of aryl methyl sites for hydroxylation is 1. The molecule has 0 spiro atoms. The smallest absolute Gasteiger partial charge is 0.249 e. The summed E-state index contributed by atoms with van der Waals surface area (Å²) in [5.74, 6) is -0.247. The quantitative estimate of drug-likeness (QED) is 0.852. The summed E-state index contributed by atoms with van der Waals surface area (Å²) in [5, 5.41) is 5.58. The van der Waals surface area contributed by atoms with Crippen molar-refractivity contribution in [3.05, 3.63) is 28.2 Å². The average Bonchev–Trinajstić information content (AvgIpc) is 2.97. The Morgan fingerprint density at radius 1 is 1.43 bits per heavy atom. The van der Waals surface area contributed by atoms with Gasteiger partial charge in [-0.15, -0.1) is 0 Å². The molecule has 1 aromatic carbocycles. The summed E-state index contributed by atoms with van der Waals surface area (Å²) in [6.07, 6.45) is 1.57. The molecule has 1 aliphatic rings. The zero-order valence-electron chi connectivity index (χ0n) is 11.9. The minimum atomic E-state index is -0.347. The lowest BCUT2D eigenvalue weighted by molar-refractivity contribution is -0.130. The number of carbonyl (C=O) groups excluding carboxylic acids is 2. The SMILES string of the molecule is Cc1ccc(Br)cc1NC(=O)CCNC(=O)C1CCCO1. The molecule has 0 aromatic heterocycles. The molecule has 1 aromatic rings. The molecule has 21 heavy (non-hydrogen) atoms. The molecule has 1 heterocycles. The minimum absolute atomic E-state index is 0.121. The van der Waals surface area contributed by atoms with E-state index in [-0.39, 0.29) is 24.3 Å². The van der Waals surface area contributed by atoms with Crippen molar-refractivity contribution >= 4 is 33.4 Å². The van der Waals surface area contributed by atoms with E-state index < -0.39 is 0 Å². The maximum atomic E-state index is 11.9. The molecular weight excluding hydrogens is 336 g/mol. The minimum Gasteiger partial charge on any atom is -0.368 e. The monoisotopic (exact) mass is 354 g/mol. The Morgan fingerprint density at radius 2 is 2.24 bits per heavy atom. The molecule has 0 radical (unpaired) electrons. The van der Waals surface area contributed by atoms with Gasteiger partial charge in [0.25, 0.3) is 0 Å². The fraction of sp³-hybridized carbons (Fsp3) is 0.467. The molecule has 2 rings (SSSR count). The Hall–Kier alpha value is -1.40. The first-order valence-electron chi connectivity index (χ1n) is 7.01. The number of ether oxygens (including phenoxy) is 1. The Bertz CT molecular complexity index is 528. The molecule has 1 aliphatic heterocycles. The van der Waals surface area contributed by atoms with Gasteiger partial charge in [-0.1, -0.05) is 22.0 Å². The summed E-state index contributed by atoms with van der Waals surface area (Å²) in [5.41, 5.74) is 1.77. The number of nitrogens with one attached hydrogen (secondary N) is 2. The van der Waals surface area contributed by atoms with Crippen LogP contribution >= 0.6 is 15.9 Å². The summed E-state index contributed by atoms with van der Waals surface area (Å²) in [6, 6.07) is 5.71. The highest BCUT2D eigenvalue weighted by atomic mass is 79.9. The molecule has 2 N–H and O–H groups in total. The van der Waals surface area contributed by atoms with Gasteiger partial charge in [-0.3, -0.25) is 9.59 Å². The topological polar surface area (TPSA) is 67.4 Å². The summed E-state index contributed by atoms with van der Waals surface area (Å²) in [6.45, 7) is 2.89. The number of halogens is 1. The van der Waals surface area contributed by atoms with Gasteiger partial charge in [0.1, 0.15) is 6.10 Å². The van der Waals surface area contributed by atoms with Crippen molar-refractivity contribution in [1.82, 2.24) is 5.32 Å². The van der Waals surface area contributed by atoms with E-state index in [1.165, 1.54) is 0 Å². The van der Waals surface area contributed by atoms with E-state index in [9.17, 15) is 9.59 Å². The number of rotatable bonds is 5. The van der Waals surface area contributed by atoms with Crippen molar-refractivity contribution in [2.24, 2.45) is 0 Å². The molecule has 2 amide bonds. The van der Waals surface area contributed by atoms with Crippen LogP contribution in [0, 0.1) is 6.92 Å². The van der Waals surface area contributed by atoms with E-state index in [0.717, 1.165) is 28.6 Å². The third-order valence-corrected chi connectivity index (χ3v) is 3.84. The van der Waals surface area contributed by atoms with E-state index in [4.69, 9.17) is 4.74 Å². The summed E-state index contributed by atoms with van der Waals surface area (Å²) < 4.78 is 6.19. The first kappa shape index (κ1) is 16.0. The second-order valence-electron chi connectivity index (χ2n) is 5.05. The van der Waals surface area contributed by atoms with Gasteiger partial charge in [0.2, 0.25) is 11.8 Å². The zero-order chi connectivity index (χ0) is 15.2. The molecule has 0 saturated carbocycles. The number of benzene rings is 1. The Kier molecular flexibility index (Phi) is 5.76. The predicted octanol–water partition coefficient (Wildman–Crippen LogP) is 2.38. The fourth-order valence-electron chi connectivity index (χ4n) is 2.14. The lowest BCUT2D eigenvalue weighted by Crippen LogP contribution is -2.35. The molecule has 0 bridgehead atoms. The fourth-order valence-corrected chi connectivity index (χ4v) is 2.50. The van der Waals surface area contributed by atoms with E-state index in [0.29, 0.717) is 13.2 Å². The van der Waals surface area contributed by atoms with Gasteiger partial charge in [0.05, 0.1) is 0 Å². The second kappa shape index (κ2) is 7.56. The number of anilines is 1. The van der Waals surface area contributed by atoms with Gasteiger partial charge in [-0.25, -0.2) is 0 Å². The van der Waals surface area contributed by atoms with Crippen LogP contribution in [0.1, 0.15) is 24.8 Å². The van der Waals surface area contributed by atoms with Crippen molar-refractivity contribution < 1.29 is 14.3 Å². The molecule has 1 unspecified atom stereocenters. The largest absolute Gasteiger partial charge is 0.368 e. The van der Waals surface area contributed by atoms with Crippen LogP contribution in [0.2, 0.25) is 0 Å². The van der Waals surface area contributed by atoms with Gasteiger partial charge in [-0.05, 0) is 37.5 Å². The van der Waals surface area contributed by atoms with Crippen molar-refractivity contribution in [2.45, 2.75) is 32.3 Å². The van der Waals surface area contributed by atoms with Crippen LogP contribution in [0.15, 0.2) is 22.7 Å². The highest BCUT2D eigenvalue weighted by Gasteiger charge is 2.23. The Labute approximate surface area is 132 Å². The molecule has 5 nitrogen and oxygen atoms in total. The highest BCUT2D eigenvalue weighted by Crippen LogP contribution is 2.20. The summed E-state index contributed by atoms with van der Waals surface area (Å²) in [4.78, 5) is 23.6. The molecular formula is C15H19BrN2O3. The third kappa shape index (κ3) is 4.82. The molecule has 6 heteroatoms. The highest BCUT2D eigenvalue weighted by molar-refractivity contribution is 9.10. The van der Waals surface area contributed by atoms with Crippen LogP contribution in [0.5, 0.6) is 0 Å². The maximum absolute atomic E-state index is 11.9. The second-order valence-corrected chi connectivity index (χ2v) is 5.97. The maximum Gasteiger partial charge on any atom is 0.249 e. The number of hydrogen-bond acceptors (Lipinski definition) is 3. The molecule has 1 saturated heterocycles. The standard InChI is InChI=1S/C15H19BrN2O3/c1-10-4-5-11(16)9-12(10)18-14(19)6-7-17-15(20)13-3-2-8-21-13/h4-5,9,13H,2-3,6-8H2,1H3,(H,17,20)(H,18,19). The van der Waals surface area contributed by atoms with Crippen LogP contribution in [0.25, 0.3) is 0 Å². The average molecular weight is 355 g/mol. The lowest BCUT2D eigenvalue weighted by atomic mass is 10.2. The first-order valence-corrected chi connectivity index (χ1v) is 7.81. The van der Waals surface area contributed by atoms with Gasteiger partial charge in [-0.2, -0.15) is 0 Å². The van der Waals surface area contributed by atoms with Crippen molar-refractivity contribution in [3.8, 4) is 0 Å². The van der Waals surface area contributed by atoms with E-state index in [1.807, 2.05) is 25.1 Å². The predicted molar refractivity (Wildman–Crippen MR) is 84.1 cm³/mol. The lowest BCUT2D eigenvalue weighted by Gasteiger charge is -2.11. The van der Waals surface area contributed by atoms with Crippen LogP contribution in [0.3, 0.4) is 0 Å². The molecule has 1 fully saturated rings. The van der Waals surface area contributed by atoms with Crippen molar-refractivity contribution in [3.63, 3.8) is 0 Å². The van der Waals surface area contributed by atoms with Crippen molar-refractivity contribution in [2.75, 3.05) is 18.5 Å². The van der Waals surface area contributed by atoms with Crippen LogP contribution < -0.4 is 10.6 Å². The molecule has 0 aliphatic carbocycles. The van der Waals surface area contributed by atoms with Gasteiger partial charge in [0.15, 0.2) is 0 Å². The Morgan fingerprint density at radius 3 is 2.95 bits per heavy atom. The van der Waals surface area contributed by atoms with E-state index >= 15 is 0 Å².